The molecule has 0 aromatic heterocycles. The van der Waals surface area contributed by atoms with Gasteiger partial charge in [0.1, 0.15) is 0 Å². The summed E-state index contributed by atoms with van der Waals surface area (Å²) in [4.78, 5) is 11.5. The molecule has 1 unspecified atom stereocenters. The molecule has 2 aromatic rings. The zero-order chi connectivity index (χ0) is 15.2. The molecule has 2 aromatic carbocycles. The van der Waals surface area contributed by atoms with Crippen LogP contribution in [-0.2, 0) is 19.9 Å². The SMILES string of the molecule is CC(=O)OC1COC12c1ccccc1C=Cc1ccccc12. The Hall–Kier alpha value is -2.39. The van der Waals surface area contributed by atoms with E-state index in [1.165, 1.54) is 6.92 Å². The van der Waals surface area contributed by atoms with Gasteiger partial charge in [-0.1, -0.05) is 60.7 Å². The Morgan fingerprint density at radius 1 is 1.05 bits per heavy atom. The van der Waals surface area contributed by atoms with Crippen molar-refractivity contribution in [1.82, 2.24) is 0 Å². The van der Waals surface area contributed by atoms with E-state index in [0.717, 1.165) is 22.3 Å². The highest BCUT2D eigenvalue weighted by molar-refractivity contribution is 5.78. The van der Waals surface area contributed by atoms with Crippen molar-refractivity contribution < 1.29 is 14.3 Å². The summed E-state index contributed by atoms with van der Waals surface area (Å²) in [6.45, 7) is 1.86. The molecule has 0 bridgehead atoms. The van der Waals surface area contributed by atoms with Crippen LogP contribution in [0.4, 0.5) is 0 Å². The van der Waals surface area contributed by atoms with E-state index < -0.39 is 5.60 Å². The maximum atomic E-state index is 11.5. The van der Waals surface area contributed by atoms with E-state index in [1.54, 1.807) is 0 Å². The Bertz CT molecular complexity index is 726. The second-order valence-corrected chi connectivity index (χ2v) is 5.65. The van der Waals surface area contributed by atoms with E-state index in [9.17, 15) is 4.79 Å². The van der Waals surface area contributed by atoms with Gasteiger partial charge in [-0.3, -0.25) is 4.79 Å². The first-order valence-corrected chi connectivity index (χ1v) is 7.40. The zero-order valence-electron chi connectivity index (χ0n) is 12.3. The minimum absolute atomic E-state index is 0.278. The van der Waals surface area contributed by atoms with Gasteiger partial charge in [0.15, 0.2) is 11.7 Å². The highest BCUT2D eigenvalue weighted by Gasteiger charge is 2.55. The van der Waals surface area contributed by atoms with Crippen molar-refractivity contribution in [3.8, 4) is 0 Å². The minimum atomic E-state index is -0.706. The van der Waals surface area contributed by atoms with E-state index in [-0.39, 0.29) is 12.1 Å². The van der Waals surface area contributed by atoms with Crippen LogP contribution >= 0.6 is 0 Å². The number of hydrogen-bond donors (Lipinski definition) is 0. The molecule has 1 aliphatic heterocycles. The molecule has 1 fully saturated rings. The molecule has 110 valence electrons. The van der Waals surface area contributed by atoms with E-state index in [4.69, 9.17) is 9.47 Å². The average Bonchev–Trinajstić information content (AvgIpc) is 2.67. The third-order valence-electron chi connectivity index (χ3n) is 4.39. The van der Waals surface area contributed by atoms with Gasteiger partial charge >= 0.3 is 5.97 Å². The highest BCUT2D eigenvalue weighted by Crippen LogP contribution is 2.49. The third kappa shape index (κ3) is 1.76. The van der Waals surface area contributed by atoms with Crippen LogP contribution in [0.5, 0.6) is 0 Å². The van der Waals surface area contributed by atoms with Gasteiger partial charge in [0.2, 0.25) is 0 Å². The standard InChI is InChI=1S/C19H16O3/c1-13(20)22-18-12-21-19(18)16-8-4-2-6-14(16)10-11-15-7-3-5-9-17(15)19/h2-11,18H,12H2,1H3. The molecule has 0 N–H and O–H groups in total. The molecular weight excluding hydrogens is 276 g/mol. The molecule has 1 spiro atoms. The minimum Gasteiger partial charge on any atom is -0.456 e. The van der Waals surface area contributed by atoms with Gasteiger partial charge in [0.25, 0.3) is 0 Å². The number of esters is 1. The lowest BCUT2D eigenvalue weighted by Crippen LogP contribution is -2.58. The molecule has 1 heterocycles. The third-order valence-corrected chi connectivity index (χ3v) is 4.39. The predicted molar refractivity (Wildman–Crippen MR) is 84.1 cm³/mol. The van der Waals surface area contributed by atoms with Crippen LogP contribution in [0.2, 0.25) is 0 Å². The van der Waals surface area contributed by atoms with Crippen LogP contribution in [0.3, 0.4) is 0 Å². The monoisotopic (exact) mass is 292 g/mol. The average molecular weight is 292 g/mol. The first-order chi connectivity index (χ1) is 10.7. The van der Waals surface area contributed by atoms with E-state index in [2.05, 4.69) is 36.4 Å². The summed E-state index contributed by atoms with van der Waals surface area (Å²) in [6, 6.07) is 16.2. The topological polar surface area (TPSA) is 35.5 Å². The molecule has 1 atom stereocenters. The van der Waals surface area contributed by atoms with Crippen molar-refractivity contribution in [3.63, 3.8) is 0 Å². The number of carbonyl (C=O) groups is 1. The lowest BCUT2D eigenvalue weighted by Gasteiger charge is -2.49. The normalized spacial score (nSPS) is 20.5. The quantitative estimate of drug-likeness (QED) is 0.756. The molecule has 3 heteroatoms. The van der Waals surface area contributed by atoms with Gasteiger partial charge in [-0.15, -0.1) is 0 Å². The fourth-order valence-electron chi connectivity index (χ4n) is 3.42. The van der Waals surface area contributed by atoms with Gasteiger partial charge in [-0.25, -0.2) is 0 Å². The number of rotatable bonds is 1. The number of hydrogen-bond acceptors (Lipinski definition) is 3. The Balaban J connectivity index is 1.97. The van der Waals surface area contributed by atoms with Crippen LogP contribution < -0.4 is 0 Å². The van der Waals surface area contributed by atoms with Crippen molar-refractivity contribution in [2.45, 2.75) is 18.6 Å². The summed E-state index contributed by atoms with van der Waals surface area (Å²) in [5.74, 6) is -0.278. The van der Waals surface area contributed by atoms with Crippen molar-refractivity contribution in [2.24, 2.45) is 0 Å². The second kappa shape index (κ2) is 4.82. The molecule has 0 amide bonds. The molecule has 0 saturated carbocycles. The fourth-order valence-corrected chi connectivity index (χ4v) is 3.42. The van der Waals surface area contributed by atoms with Gasteiger partial charge in [0.05, 0.1) is 6.61 Å². The predicted octanol–water partition coefficient (Wildman–Crippen LogP) is 3.38. The lowest BCUT2D eigenvalue weighted by molar-refractivity contribution is -0.237. The Kier molecular flexibility index (Phi) is 2.91. The molecule has 1 saturated heterocycles. The van der Waals surface area contributed by atoms with Gasteiger partial charge in [0, 0.05) is 6.92 Å². The summed E-state index contributed by atoms with van der Waals surface area (Å²) < 4.78 is 11.6. The Morgan fingerprint density at radius 2 is 1.59 bits per heavy atom. The molecule has 22 heavy (non-hydrogen) atoms. The first kappa shape index (κ1) is 13.3. The number of benzene rings is 2. The van der Waals surface area contributed by atoms with Gasteiger partial charge in [-0.05, 0) is 22.3 Å². The summed E-state index contributed by atoms with van der Waals surface area (Å²) >= 11 is 0. The molecule has 1 aliphatic carbocycles. The van der Waals surface area contributed by atoms with Crippen LogP contribution in [0.1, 0.15) is 29.2 Å². The van der Waals surface area contributed by atoms with Crippen LogP contribution in [0.15, 0.2) is 48.5 Å². The van der Waals surface area contributed by atoms with E-state index >= 15 is 0 Å². The van der Waals surface area contributed by atoms with Crippen molar-refractivity contribution in [3.05, 3.63) is 70.8 Å². The Morgan fingerprint density at radius 3 is 2.05 bits per heavy atom. The molecular formula is C19H16O3. The smallest absolute Gasteiger partial charge is 0.303 e. The van der Waals surface area contributed by atoms with Crippen LogP contribution in [-0.4, -0.2) is 18.7 Å². The molecule has 2 aliphatic rings. The lowest BCUT2D eigenvalue weighted by atomic mass is 9.75. The molecule has 3 nitrogen and oxygen atoms in total. The zero-order valence-corrected chi connectivity index (χ0v) is 12.3. The first-order valence-electron chi connectivity index (χ1n) is 7.40. The van der Waals surface area contributed by atoms with Crippen LogP contribution in [0, 0.1) is 0 Å². The van der Waals surface area contributed by atoms with Gasteiger partial charge < -0.3 is 9.47 Å². The van der Waals surface area contributed by atoms with Crippen molar-refractivity contribution in [1.29, 1.82) is 0 Å². The highest BCUT2D eigenvalue weighted by atomic mass is 16.6. The largest absolute Gasteiger partial charge is 0.456 e. The van der Waals surface area contributed by atoms with Gasteiger partial charge in [-0.2, -0.15) is 0 Å². The summed E-state index contributed by atoms with van der Waals surface area (Å²) in [5.41, 5.74) is 3.58. The molecule has 0 radical (unpaired) electrons. The second-order valence-electron chi connectivity index (χ2n) is 5.65. The number of carbonyl (C=O) groups excluding carboxylic acids is 1. The summed E-state index contributed by atoms with van der Waals surface area (Å²) in [6.07, 6.45) is 3.89. The maximum absolute atomic E-state index is 11.5. The summed E-state index contributed by atoms with van der Waals surface area (Å²) in [5, 5.41) is 0. The van der Waals surface area contributed by atoms with Crippen LogP contribution in [0.25, 0.3) is 12.2 Å². The van der Waals surface area contributed by atoms with Crippen molar-refractivity contribution >= 4 is 18.1 Å². The van der Waals surface area contributed by atoms with Crippen molar-refractivity contribution in [2.75, 3.05) is 6.61 Å². The van der Waals surface area contributed by atoms with E-state index in [0.29, 0.717) is 6.61 Å². The number of ether oxygens (including phenoxy) is 2. The fraction of sp³-hybridized carbons (Fsp3) is 0.211. The van der Waals surface area contributed by atoms with E-state index in [1.807, 2.05) is 24.3 Å². The maximum Gasteiger partial charge on any atom is 0.303 e. The Labute approximate surface area is 129 Å². The number of fused-ring (bicyclic) bond motifs is 4. The molecule has 4 rings (SSSR count). The summed E-state index contributed by atoms with van der Waals surface area (Å²) in [7, 11) is 0.